The van der Waals surface area contributed by atoms with Gasteiger partial charge in [0.15, 0.2) is 0 Å². The lowest BCUT2D eigenvalue weighted by atomic mass is 10.3. The van der Waals surface area contributed by atoms with E-state index in [1.807, 2.05) is 6.92 Å². The maximum Gasteiger partial charge on any atom is 0.240 e. The fourth-order valence-corrected chi connectivity index (χ4v) is 0.550. The first kappa shape index (κ1) is 9.43. The Morgan fingerprint density at radius 2 is 2.10 bits per heavy atom. The van der Waals surface area contributed by atoms with Crippen LogP contribution in [0.1, 0.15) is 19.8 Å². The number of hydrogen-bond donors (Lipinski definition) is 1. The molecule has 0 aliphatic heterocycles. The molecule has 0 saturated carbocycles. The van der Waals surface area contributed by atoms with Crippen molar-refractivity contribution in [2.24, 2.45) is 0 Å². The lowest BCUT2D eigenvalue weighted by Gasteiger charge is -1.97. The molecule has 0 atom stereocenters. The predicted molar refractivity (Wildman–Crippen MR) is 38.8 cm³/mol. The van der Waals surface area contributed by atoms with Crippen LogP contribution in [0.4, 0.5) is 0 Å². The van der Waals surface area contributed by atoms with E-state index in [-0.39, 0.29) is 12.5 Å². The maximum atomic E-state index is 10.6. The van der Waals surface area contributed by atoms with E-state index >= 15 is 0 Å². The Morgan fingerprint density at radius 1 is 1.50 bits per heavy atom. The van der Waals surface area contributed by atoms with Crippen LogP contribution >= 0.6 is 11.6 Å². The van der Waals surface area contributed by atoms with Crippen molar-refractivity contribution >= 4 is 22.8 Å². The summed E-state index contributed by atoms with van der Waals surface area (Å²) in [4.78, 5) is 20.7. The highest BCUT2D eigenvalue weighted by molar-refractivity contribution is 6.64. The van der Waals surface area contributed by atoms with Crippen LogP contribution in [-0.2, 0) is 9.59 Å². The lowest BCUT2D eigenvalue weighted by molar-refractivity contribution is -0.123. The van der Waals surface area contributed by atoms with E-state index in [4.69, 9.17) is 11.6 Å². The summed E-state index contributed by atoms with van der Waals surface area (Å²) in [6.07, 6.45) is 1.23. The van der Waals surface area contributed by atoms with Crippen molar-refractivity contribution in [3.05, 3.63) is 0 Å². The molecule has 1 N–H and O–H groups in total. The van der Waals surface area contributed by atoms with Crippen molar-refractivity contribution in [3.8, 4) is 0 Å². The molecule has 0 rings (SSSR count). The van der Waals surface area contributed by atoms with Gasteiger partial charge >= 0.3 is 0 Å². The van der Waals surface area contributed by atoms with E-state index < -0.39 is 5.24 Å². The molecule has 0 bridgehead atoms. The second-order valence-corrected chi connectivity index (χ2v) is 2.30. The topological polar surface area (TPSA) is 46.2 Å². The van der Waals surface area contributed by atoms with E-state index in [9.17, 15) is 9.59 Å². The monoisotopic (exact) mass is 163 g/mol. The molecule has 0 unspecified atom stereocenters. The number of carbonyl (C=O) groups excluding carboxylic acids is 2. The zero-order chi connectivity index (χ0) is 7.98. The first-order valence-corrected chi connectivity index (χ1v) is 3.49. The van der Waals surface area contributed by atoms with Crippen LogP contribution in [-0.4, -0.2) is 17.7 Å². The van der Waals surface area contributed by atoms with E-state index in [1.165, 1.54) is 0 Å². The number of hydrogen-bond acceptors (Lipinski definition) is 2. The quantitative estimate of drug-likeness (QED) is 0.620. The Labute approximate surface area is 64.7 Å². The molecular weight excluding hydrogens is 154 g/mol. The molecule has 58 valence electrons. The highest BCUT2D eigenvalue weighted by Gasteiger charge is 1.99. The fourth-order valence-electron chi connectivity index (χ4n) is 0.484. The van der Waals surface area contributed by atoms with Crippen molar-refractivity contribution in [3.63, 3.8) is 0 Å². The summed E-state index contributed by atoms with van der Waals surface area (Å²) in [5.41, 5.74) is 0. The third-order valence-corrected chi connectivity index (χ3v) is 1.04. The molecule has 4 heteroatoms. The minimum Gasteiger partial charge on any atom is -0.348 e. The van der Waals surface area contributed by atoms with E-state index in [1.54, 1.807) is 0 Å². The van der Waals surface area contributed by atoms with Gasteiger partial charge in [-0.1, -0.05) is 6.92 Å². The van der Waals surface area contributed by atoms with Gasteiger partial charge in [0.05, 0.1) is 6.54 Å². The third kappa shape index (κ3) is 5.56. The maximum absolute atomic E-state index is 10.6. The Balaban J connectivity index is 3.30. The van der Waals surface area contributed by atoms with Crippen LogP contribution < -0.4 is 5.32 Å². The van der Waals surface area contributed by atoms with Gasteiger partial charge in [0, 0.05) is 6.42 Å². The summed E-state index contributed by atoms with van der Waals surface area (Å²) in [6, 6.07) is 0. The summed E-state index contributed by atoms with van der Waals surface area (Å²) in [6.45, 7) is 1.82. The van der Waals surface area contributed by atoms with E-state index in [0.717, 1.165) is 6.42 Å². The number of halogens is 1. The molecule has 0 aromatic rings. The van der Waals surface area contributed by atoms with Gasteiger partial charge in [-0.2, -0.15) is 0 Å². The molecule has 0 radical (unpaired) electrons. The summed E-state index contributed by atoms with van der Waals surface area (Å²) < 4.78 is 0. The molecule has 0 heterocycles. The molecule has 0 aromatic heterocycles. The standard InChI is InChI=1S/C6H10ClNO2/c1-2-3-6(10)8-4-5(7)9/h2-4H2,1H3,(H,8,10). The molecule has 0 aliphatic rings. The zero-order valence-corrected chi connectivity index (χ0v) is 6.57. The summed E-state index contributed by atoms with van der Waals surface area (Å²) in [5.74, 6) is -0.128. The molecule has 0 aliphatic carbocycles. The third-order valence-electron chi connectivity index (χ3n) is 0.902. The van der Waals surface area contributed by atoms with Crippen LogP contribution in [0.5, 0.6) is 0 Å². The normalized spacial score (nSPS) is 9.00. The molecule has 10 heavy (non-hydrogen) atoms. The van der Waals surface area contributed by atoms with Gasteiger partial charge in [-0.15, -0.1) is 0 Å². The number of carbonyl (C=O) groups is 2. The average molecular weight is 164 g/mol. The van der Waals surface area contributed by atoms with E-state index in [2.05, 4.69) is 5.32 Å². The van der Waals surface area contributed by atoms with Crippen LogP contribution in [0.15, 0.2) is 0 Å². The van der Waals surface area contributed by atoms with Crippen LogP contribution in [0.3, 0.4) is 0 Å². The second kappa shape index (κ2) is 5.23. The highest BCUT2D eigenvalue weighted by atomic mass is 35.5. The number of amides is 1. The number of nitrogens with one attached hydrogen (secondary N) is 1. The van der Waals surface area contributed by atoms with Crippen LogP contribution in [0.2, 0.25) is 0 Å². The minimum absolute atomic E-state index is 0.0691. The van der Waals surface area contributed by atoms with Crippen molar-refractivity contribution in [1.82, 2.24) is 5.32 Å². The van der Waals surface area contributed by atoms with Crippen molar-refractivity contribution in [1.29, 1.82) is 0 Å². The van der Waals surface area contributed by atoms with Gasteiger partial charge in [-0.05, 0) is 18.0 Å². The molecule has 0 spiro atoms. The average Bonchev–Trinajstić information content (AvgIpc) is 1.85. The Morgan fingerprint density at radius 3 is 2.50 bits per heavy atom. The number of rotatable bonds is 4. The smallest absolute Gasteiger partial charge is 0.240 e. The molecule has 0 saturated heterocycles. The largest absolute Gasteiger partial charge is 0.348 e. The molecule has 1 amide bonds. The highest BCUT2D eigenvalue weighted by Crippen LogP contribution is 1.85. The molecule has 0 aromatic carbocycles. The van der Waals surface area contributed by atoms with E-state index in [0.29, 0.717) is 6.42 Å². The van der Waals surface area contributed by atoms with Crippen molar-refractivity contribution < 1.29 is 9.59 Å². The summed E-state index contributed by atoms with van der Waals surface area (Å²) in [7, 11) is 0. The predicted octanol–water partition coefficient (Wildman–Crippen LogP) is 0.668. The Hall–Kier alpha value is -0.570. The lowest BCUT2D eigenvalue weighted by Crippen LogP contribution is -2.26. The molecule has 3 nitrogen and oxygen atoms in total. The molecule has 0 fully saturated rings. The molecular formula is C6H10ClNO2. The summed E-state index contributed by atoms with van der Waals surface area (Å²) in [5, 5.41) is 1.83. The zero-order valence-electron chi connectivity index (χ0n) is 5.82. The van der Waals surface area contributed by atoms with Gasteiger partial charge in [0.25, 0.3) is 0 Å². The first-order valence-electron chi connectivity index (χ1n) is 3.11. The van der Waals surface area contributed by atoms with Crippen molar-refractivity contribution in [2.75, 3.05) is 6.54 Å². The van der Waals surface area contributed by atoms with Crippen LogP contribution in [0.25, 0.3) is 0 Å². The van der Waals surface area contributed by atoms with Crippen molar-refractivity contribution in [2.45, 2.75) is 19.8 Å². The second-order valence-electron chi connectivity index (χ2n) is 1.88. The Kier molecular flexibility index (Phi) is 4.94. The van der Waals surface area contributed by atoms with Gasteiger partial charge in [0.1, 0.15) is 0 Å². The Bertz CT molecular complexity index is 136. The SMILES string of the molecule is CCCC(=O)NCC(=O)Cl. The minimum atomic E-state index is -0.538. The van der Waals surface area contributed by atoms with Crippen LogP contribution in [0, 0.1) is 0 Å². The summed E-state index contributed by atoms with van der Waals surface area (Å²) >= 11 is 4.97. The van der Waals surface area contributed by atoms with Gasteiger partial charge in [-0.25, -0.2) is 0 Å². The van der Waals surface area contributed by atoms with Gasteiger partial charge in [-0.3, -0.25) is 9.59 Å². The fraction of sp³-hybridized carbons (Fsp3) is 0.667. The first-order chi connectivity index (χ1) is 4.66. The van der Waals surface area contributed by atoms with Gasteiger partial charge in [0.2, 0.25) is 11.1 Å². The van der Waals surface area contributed by atoms with Gasteiger partial charge < -0.3 is 5.32 Å².